The number of hydrogen-bond donors (Lipinski definition) is 0. The number of carbonyl (C=O) groups excluding carboxylic acids is 2. The molecule has 2 aliphatic heterocycles. The van der Waals surface area contributed by atoms with Gasteiger partial charge in [-0.05, 0) is 45.4 Å². The lowest BCUT2D eigenvalue weighted by molar-refractivity contribution is -0.161. The lowest BCUT2D eigenvalue weighted by Crippen LogP contribution is -2.49. The molecule has 224 valence electrons. The fraction of sp³-hybridized carbons (Fsp3) is 0.613. The van der Waals surface area contributed by atoms with Crippen molar-refractivity contribution in [1.29, 1.82) is 0 Å². The quantitative estimate of drug-likeness (QED) is 0.430. The smallest absolute Gasteiger partial charge is 0.336 e. The highest BCUT2D eigenvalue weighted by atomic mass is 16.8. The van der Waals surface area contributed by atoms with Crippen LogP contribution in [0.5, 0.6) is 0 Å². The second-order valence-corrected chi connectivity index (χ2v) is 11.9. The van der Waals surface area contributed by atoms with Gasteiger partial charge >= 0.3 is 11.9 Å². The molecule has 0 aromatic heterocycles. The zero-order valence-corrected chi connectivity index (χ0v) is 24.7. The first-order chi connectivity index (χ1) is 19.4. The summed E-state index contributed by atoms with van der Waals surface area (Å²) in [6.07, 6.45) is 0.395. The largest absolute Gasteiger partial charge is 0.466 e. The third-order valence-electron chi connectivity index (χ3n) is 8.05. The number of methoxy groups -OCH3 is 2. The normalized spacial score (nSPS) is 35.1. The average Bonchev–Trinajstić information content (AvgIpc) is 3.45. The van der Waals surface area contributed by atoms with Gasteiger partial charge in [0.25, 0.3) is 0 Å². The van der Waals surface area contributed by atoms with Gasteiger partial charge in [-0.15, -0.1) is 0 Å². The van der Waals surface area contributed by atoms with Crippen molar-refractivity contribution >= 4 is 11.9 Å². The maximum atomic E-state index is 12.8. The predicted molar refractivity (Wildman–Crippen MR) is 145 cm³/mol. The van der Waals surface area contributed by atoms with E-state index in [1.807, 2.05) is 65.0 Å². The van der Waals surface area contributed by atoms with Crippen LogP contribution < -0.4 is 0 Å². The fourth-order valence-electron chi connectivity index (χ4n) is 6.10. The molecule has 0 saturated carbocycles. The molecule has 2 fully saturated rings. The Hall–Kier alpha value is -2.60. The molecule has 0 radical (unpaired) electrons. The maximum absolute atomic E-state index is 12.8. The van der Waals surface area contributed by atoms with Crippen molar-refractivity contribution in [2.75, 3.05) is 20.8 Å². The molecule has 10 heteroatoms. The molecule has 0 bridgehead atoms. The predicted octanol–water partition coefficient (Wildman–Crippen LogP) is 3.48. The monoisotopic (exact) mass is 572 g/mol. The van der Waals surface area contributed by atoms with Gasteiger partial charge in [0.2, 0.25) is 0 Å². The van der Waals surface area contributed by atoms with Gasteiger partial charge in [0.1, 0.15) is 12.2 Å². The molecule has 5 rings (SSSR count). The van der Waals surface area contributed by atoms with E-state index in [-0.39, 0.29) is 18.4 Å². The summed E-state index contributed by atoms with van der Waals surface area (Å²) in [6, 6.07) is 9.79. The number of hydrogen-bond acceptors (Lipinski definition) is 10. The molecule has 8 atom stereocenters. The van der Waals surface area contributed by atoms with Crippen LogP contribution >= 0.6 is 0 Å². The first-order valence-electron chi connectivity index (χ1n) is 14.0. The van der Waals surface area contributed by atoms with Gasteiger partial charge in [-0.25, -0.2) is 9.59 Å². The van der Waals surface area contributed by atoms with Crippen LogP contribution in [0.4, 0.5) is 0 Å². The topological polar surface area (TPSA) is 108 Å². The van der Waals surface area contributed by atoms with Crippen molar-refractivity contribution in [2.24, 2.45) is 11.8 Å². The fourth-order valence-corrected chi connectivity index (χ4v) is 6.10. The zero-order chi connectivity index (χ0) is 29.5. The van der Waals surface area contributed by atoms with E-state index in [2.05, 4.69) is 0 Å². The Bertz CT molecular complexity index is 1190. The molecule has 1 aromatic rings. The Morgan fingerprint density at radius 2 is 1.29 bits per heavy atom. The molecule has 0 unspecified atom stereocenters. The van der Waals surface area contributed by atoms with Gasteiger partial charge in [-0.1, -0.05) is 37.3 Å². The van der Waals surface area contributed by atoms with Crippen molar-refractivity contribution in [3.05, 3.63) is 59.2 Å². The number of benzene rings is 1. The van der Waals surface area contributed by atoms with Crippen molar-refractivity contribution < 1.29 is 47.5 Å². The van der Waals surface area contributed by atoms with Crippen LogP contribution in [0.15, 0.2) is 53.6 Å². The molecule has 4 aliphatic rings. The number of carbonyl (C=O) groups is 2. The van der Waals surface area contributed by atoms with Crippen LogP contribution in [0.3, 0.4) is 0 Å². The van der Waals surface area contributed by atoms with Gasteiger partial charge < -0.3 is 37.9 Å². The minimum absolute atomic E-state index is 0.128. The summed E-state index contributed by atoms with van der Waals surface area (Å²) in [5.41, 5.74) is 1.72. The van der Waals surface area contributed by atoms with Crippen molar-refractivity contribution in [3.63, 3.8) is 0 Å². The minimum Gasteiger partial charge on any atom is -0.466 e. The van der Waals surface area contributed by atoms with Crippen LogP contribution in [0.25, 0.3) is 0 Å². The van der Waals surface area contributed by atoms with Crippen molar-refractivity contribution in [1.82, 2.24) is 0 Å². The molecular weight excluding hydrogens is 532 g/mol. The molecule has 2 heterocycles. The van der Waals surface area contributed by atoms with E-state index in [0.29, 0.717) is 17.8 Å². The molecule has 0 N–H and O–H groups in total. The van der Waals surface area contributed by atoms with E-state index in [4.69, 9.17) is 37.9 Å². The Labute approximate surface area is 240 Å². The second-order valence-electron chi connectivity index (χ2n) is 11.9. The summed E-state index contributed by atoms with van der Waals surface area (Å²) in [4.78, 5) is 25.5. The molecule has 2 saturated heterocycles. The maximum Gasteiger partial charge on any atom is 0.336 e. The average molecular weight is 573 g/mol. The summed E-state index contributed by atoms with van der Waals surface area (Å²) < 4.78 is 47.8. The Kier molecular flexibility index (Phi) is 8.44. The standard InChI is InChI=1S/C31H40O10/c1-17-22(13-19(28(32)34-6)25-24(17)38-30(2,3)39-25)37-16-21-23(36-15-18-11-9-8-10-12-18)14-20(29(33)35-7)26-27(21)41-31(4,5)40-26/h8-14,17,21-27H,15-16H2,1-7H3/t17-,21-,22+,23+,24+,25-,26-,27+/m1/s1. The number of ether oxygens (including phenoxy) is 8. The van der Waals surface area contributed by atoms with Crippen LogP contribution in [0.2, 0.25) is 0 Å². The van der Waals surface area contributed by atoms with E-state index in [0.717, 1.165) is 5.56 Å². The minimum atomic E-state index is -0.932. The van der Waals surface area contributed by atoms with Gasteiger partial charge in [0.15, 0.2) is 11.6 Å². The van der Waals surface area contributed by atoms with E-state index >= 15 is 0 Å². The third-order valence-corrected chi connectivity index (χ3v) is 8.05. The van der Waals surface area contributed by atoms with Gasteiger partial charge in [0.05, 0.1) is 63.0 Å². The highest BCUT2D eigenvalue weighted by Crippen LogP contribution is 2.44. The Morgan fingerprint density at radius 1 is 0.756 bits per heavy atom. The number of esters is 2. The van der Waals surface area contributed by atoms with Crippen LogP contribution in [0, 0.1) is 11.8 Å². The summed E-state index contributed by atoms with van der Waals surface area (Å²) in [6.45, 7) is 9.81. The van der Waals surface area contributed by atoms with Gasteiger partial charge in [-0.2, -0.15) is 0 Å². The molecule has 2 aliphatic carbocycles. The molecular formula is C31H40O10. The highest BCUT2D eigenvalue weighted by molar-refractivity contribution is 5.90. The first kappa shape index (κ1) is 29.9. The molecule has 0 amide bonds. The molecule has 10 nitrogen and oxygen atoms in total. The lowest BCUT2D eigenvalue weighted by atomic mass is 9.81. The van der Waals surface area contributed by atoms with E-state index < -0.39 is 60.1 Å². The van der Waals surface area contributed by atoms with Crippen molar-refractivity contribution in [2.45, 2.75) is 89.4 Å². The van der Waals surface area contributed by atoms with E-state index in [1.54, 1.807) is 12.2 Å². The first-order valence-corrected chi connectivity index (χ1v) is 14.0. The van der Waals surface area contributed by atoms with Crippen LogP contribution in [0.1, 0.15) is 40.2 Å². The van der Waals surface area contributed by atoms with E-state index in [9.17, 15) is 9.59 Å². The van der Waals surface area contributed by atoms with Crippen LogP contribution in [-0.2, 0) is 54.1 Å². The number of rotatable bonds is 8. The zero-order valence-electron chi connectivity index (χ0n) is 24.7. The summed E-state index contributed by atoms with van der Waals surface area (Å²) >= 11 is 0. The van der Waals surface area contributed by atoms with Gasteiger partial charge in [0, 0.05) is 11.8 Å². The summed E-state index contributed by atoms with van der Waals surface area (Å²) in [7, 11) is 2.68. The highest BCUT2D eigenvalue weighted by Gasteiger charge is 2.55. The number of fused-ring (bicyclic) bond motifs is 2. The van der Waals surface area contributed by atoms with E-state index in [1.165, 1.54) is 14.2 Å². The Morgan fingerprint density at radius 3 is 1.88 bits per heavy atom. The summed E-state index contributed by atoms with van der Waals surface area (Å²) in [5.74, 6) is -3.23. The SMILES string of the molecule is COC(=O)C1=C[C@H](OC[C@H]2[C@@H]3OC(C)(C)O[C@@H]3C(C(=O)OC)=C[C@@H]2OCc2ccccc2)[C@@H](C)[C@@H]2OC(C)(C)O[C@H]12. The summed E-state index contributed by atoms with van der Waals surface area (Å²) in [5, 5.41) is 0. The van der Waals surface area contributed by atoms with Crippen LogP contribution in [-0.4, -0.2) is 81.0 Å². The van der Waals surface area contributed by atoms with Gasteiger partial charge in [-0.3, -0.25) is 0 Å². The Balaban J connectivity index is 1.43. The lowest BCUT2D eigenvalue weighted by Gasteiger charge is -2.39. The third kappa shape index (κ3) is 6.14. The molecule has 0 spiro atoms. The molecule has 1 aromatic carbocycles. The molecule has 41 heavy (non-hydrogen) atoms. The second kappa shape index (κ2) is 11.6. The van der Waals surface area contributed by atoms with Crippen molar-refractivity contribution in [3.8, 4) is 0 Å².